The van der Waals surface area contributed by atoms with E-state index in [0.29, 0.717) is 6.04 Å². The normalized spacial score (nSPS) is 31.6. The second-order valence-electron chi connectivity index (χ2n) is 3.52. The van der Waals surface area contributed by atoms with Gasteiger partial charge in [0.2, 0.25) is 5.91 Å². The Morgan fingerprint density at radius 3 is 2.75 bits per heavy atom. The van der Waals surface area contributed by atoms with Crippen molar-refractivity contribution in [3.05, 3.63) is 12.2 Å². The Hall–Kier alpha value is -0.790. The van der Waals surface area contributed by atoms with Crippen LogP contribution in [0.1, 0.15) is 26.7 Å². The van der Waals surface area contributed by atoms with Crippen molar-refractivity contribution in [3.63, 3.8) is 0 Å². The van der Waals surface area contributed by atoms with Crippen molar-refractivity contribution in [1.29, 1.82) is 0 Å². The highest BCUT2D eigenvalue weighted by molar-refractivity contribution is 5.79. The van der Waals surface area contributed by atoms with E-state index in [-0.39, 0.29) is 11.8 Å². The highest BCUT2D eigenvalue weighted by atomic mass is 16.2. The Morgan fingerprint density at radius 2 is 2.17 bits per heavy atom. The number of carbonyl (C=O) groups is 1. The van der Waals surface area contributed by atoms with Crippen LogP contribution in [0.4, 0.5) is 0 Å². The van der Waals surface area contributed by atoms with Crippen molar-refractivity contribution < 1.29 is 4.79 Å². The summed E-state index contributed by atoms with van der Waals surface area (Å²) in [7, 11) is 1.89. The molecule has 2 unspecified atom stereocenters. The third-order valence-electron chi connectivity index (χ3n) is 2.58. The maximum absolute atomic E-state index is 11.5. The predicted octanol–water partition coefficient (Wildman–Crippen LogP) is 1.82. The zero-order chi connectivity index (χ0) is 9.14. The van der Waals surface area contributed by atoms with Gasteiger partial charge in [0.15, 0.2) is 0 Å². The fraction of sp³-hybridized carbons (Fsp3) is 0.700. The SMILES string of the molecule is C/C=C/C1CCC(C)C(=O)N1C. The molecule has 1 amide bonds. The number of carbonyl (C=O) groups excluding carboxylic acids is 1. The zero-order valence-electron chi connectivity index (χ0n) is 8.08. The van der Waals surface area contributed by atoms with Gasteiger partial charge in [-0.15, -0.1) is 0 Å². The Bertz CT molecular complexity index is 198. The zero-order valence-corrected chi connectivity index (χ0v) is 8.08. The molecule has 2 heteroatoms. The molecule has 0 aliphatic carbocycles. The Kier molecular flexibility index (Phi) is 2.90. The van der Waals surface area contributed by atoms with E-state index in [0.717, 1.165) is 12.8 Å². The molecule has 0 spiro atoms. The minimum Gasteiger partial charge on any atom is -0.339 e. The number of piperidine rings is 1. The van der Waals surface area contributed by atoms with E-state index in [1.807, 2.05) is 31.9 Å². The van der Waals surface area contributed by atoms with Crippen LogP contribution in [0.25, 0.3) is 0 Å². The smallest absolute Gasteiger partial charge is 0.225 e. The fourth-order valence-corrected chi connectivity index (χ4v) is 1.70. The number of allylic oxidation sites excluding steroid dienone is 1. The Balaban J connectivity index is 2.65. The summed E-state index contributed by atoms with van der Waals surface area (Å²) in [6.07, 6.45) is 6.25. The molecule has 0 aromatic rings. The third kappa shape index (κ3) is 1.68. The first-order valence-corrected chi connectivity index (χ1v) is 4.56. The van der Waals surface area contributed by atoms with Gasteiger partial charge in [0.1, 0.15) is 0 Å². The molecular formula is C10H17NO. The van der Waals surface area contributed by atoms with Crippen molar-refractivity contribution >= 4 is 5.91 Å². The molecule has 0 bridgehead atoms. The van der Waals surface area contributed by atoms with Crippen LogP contribution in [0, 0.1) is 5.92 Å². The van der Waals surface area contributed by atoms with Gasteiger partial charge in [0, 0.05) is 19.0 Å². The molecule has 0 saturated carbocycles. The summed E-state index contributed by atoms with van der Waals surface area (Å²) in [6, 6.07) is 0.332. The summed E-state index contributed by atoms with van der Waals surface area (Å²) < 4.78 is 0. The summed E-state index contributed by atoms with van der Waals surface area (Å²) in [6.45, 7) is 4.00. The van der Waals surface area contributed by atoms with Crippen LogP contribution in [-0.4, -0.2) is 23.9 Å². The van der Waals surface area contributed by atoms with Crippen molar-refractivity contribution in [1.82, 2.24) is 4.90 Å². The topological polar surface area (TPSA) is 20.3 Å². The number of hydrogen-bond donors (Lipinski definition) is 0. The van der Waals surface area contributed by atoms with Crippen LogP contribution in [-0.2, 0) is 4.79 Å². The molecule has 1 fully saturated rings. The molecule has 0 aromatic carbocycles. The maximum Gasteiger partial charge on any atom is 0.225 e. The number of amides is 1. The molecule has 2 atom stereocenters. The van der Waals surface area contributed by atoms with Crippen LogP contribution >= 0.6 is 0 Å². The Morgan fingerprint density at radius 1 is 1.50 bits per heavy atom. The first kappa shape index (κ1) is 9.30. The second kappa shape index (κ2) is 3.74. The van der Waals surface area contributed by atoms with E-state index in [9.17, 15) is 4.79 Å². The highest BCUT2D eigenvalue weighted by Gasteiger charge is 2.27. The van der Waals surface area contributed by atoms with Crippen LogP contribution in [0.3, 0.4) is 0 Å². The molecule has 1 heterocycles. The second-order valence-corrected chi connectivity index (χ2v) is 3.52. The quantitative estimate of drug-likeness (QED) is 0.545. The van der Waals surface area contributed by atoms with Crippen LogP contribution in [0.15, 0.2) is 12.2 Å². The predicted molar refractivity (Wildman–Crippen MR) is 49.8 cm³/mol. The number of rotatable bonds is 1. The van der Waals surface area contributed by atoms with Gasteiger partial charge in [0.25, 0.3) is 0 Å². The van der Waals surface area contributed by atoms with Gasteiger partial charge in [-0.25, -0.2) is 0 Å². The first-order valence-electron chi connectivity index (χ1n) is 4.56. The summed E-state index contributed by atoms with van der Waals surface area (Å²) in [5, 5.41) is 0. The minimum atomic E-state index is 0.219. The van der Waals surface area contributed by atoms with Gasteiger partial charge < -0.3 is 4.90 Å². The molecule has 68 valence electrons. The van der Waals surface area contributed by atoms with Crippen LogP contribution < -0.4 is 0 Å². The summed E-state index contributed by atoms with van der Waals surface area (Å²) in [5.41, 5.74) is 0. The molecule has 1 saturated heterocycles. The lowest BCUT2D eigenvalue weighted by Crippen LogP contribution is -2.43. The highest BCUT2D eigenvalue weighted by Crippen LogP contribution is 2.21. The fourth-order valence-electron chi connectivity index (χ4n) is 1.70. The average molecular weight is 167 g/mol. The largest absolute Gasteiger partial charge is 0.339 e. The number of likely N-dealkylation sites (N-methyl/N-ethyl adjacent to an activating group) is 1. The average Bonchev–Trinajstić information content (AvgIpc) is 2.07. The molecule has 0 radical (unpaired) electrons. The number of likely N-dealkylation sites (tertiary alicyclic amines) is 1. The molecule has 2 nitrogen and oxygen atoms in total. The molecule has 1 aliphatic heterocycles. The van der Waals surface area contributed by atoms with Gasteiger partial charge in [-0.05, 0) is 19.8 Å². The molecule has 0 N–H and O–H groups in total. The minimum absolute atomic E-state index is 0.219. The standard InChI is InChI=1S/C10H17NO/c1-4-5-9-7-6-8(2)10(12)11(9)3/h4-5,8-9H,6-7H2,1-3H3/b5-4+. The van der Waals surface area contributed by atoms with Gasteiger partial charge >= 0.3 is 0 Å². The summed E-state index contributed by atoms with van der Waals surface area (Å²) in [4.78, 5) is 13.4. The molecule has 12 heavy (non-hydrogen) atoms. The monoisotopic (exact) mass is 167 g/mol. The lowest BCUT2D eigenvalue weighted by molar-refractivity contribution is -0.138. The van der Waals surface area contributed by atoms with Crippen LogP contribution in [0.2, 0.25) is 0 Å². The van der Waals surface area contributed by atoms with Crippen molar-refractivity contribution in [2.45, 2.75) is 32.7 Å². The lowest BCUT2D eigenvalue weighted by Gasteiger charge is -2.33. The van der Waals surface area contributed by atoms with Gasteiger partial charge in [0.05, 0.1) is 0 Å². The third-order valence-corrected chi connectivity index (χ3v) is 2.58. The van der Waals surface area contributed by atoms with Gasteiger partial charge in [-0.2, -0.15) is 0 Å². The number of nitrogens with zero attached hydrogens (tertiary/aromatic N) is 1. The van der Waals surface area contributed by atoms with E-state index in [4.69, 9.17) is 0 Å². The van der Waals surface area contributed by atoms with Gasteiger partial charge in [-0.3, -0.25) is 4.79 Å². The Labute approximate surface area is 74.2 Å². The molecule has 1 rings (SSSR count). The van der Waals surface area contributed by atoms with Gasteiger partial charge in [-0.1, -0.05) is 19.1 Å². The van der Waals surface area contributed by atoms with E-state index in [1.54, 1.807) is 0 Å². The summed E-state index contributed by atoms with van der Waals surface area (Å²) >= 11 is 0. The summed E-state index contributed by atoms with van der Waals surface area (Å²) in [5.74, 6) is 0.501. The van der Waals surface area contributed by atoms with Crippen molar-refractivity contribution in [2.75, 3.05) is 7.05 Å². The van der Waals surface area contributed by atoms with Crippen molar-refractivity contribution in [3.8, 4) is 0 Å². The number of hydrogen-bond acceptors (Lipinski definition) is 1. The lowest BCUT2D eigenvalue weighted by atomic mass is 9.94. The van der Waals surface area contributed by atoms with E-state index >= 15 is 0 Å². The molecule has 0 aromatic heterocycles. The van der Waals surface area contributed by atoms with E-state index in [1.165, 1.54) is 0 Å². The molecular weight excluding hydrogens is 150 g/mol. The van der Waals surface area contributed by atoms with E-state index in [2.05, 4.69) is 6.08 Å². The molecule has 1 aliphatic rings. The maximum atomic E-state index is 11.5. The van der Waals surface area contributed by atoms with E-state index < -0.39 is 0 Å². The first-order chi connectivity index (χ1) is 5.66. The van der Waals surface area contributed by atoms with Crippen LogP contribution in [0.5, 0.6) is 0 Å². The van der Waals surface area contributed by atoms with Crippen molar-refractivity contribution in [2.24, 2.45) is 5.92 Å².